The van der Waals surface area contributed by atoms with Crippen molar-refractivity contribution in [2.24, 2.45) is 0 Å². The SMILES string of the molecule is CC(C)(C)[Si](C)(C)OC1CSSCC1OS(C)(=O)=O. The highest BCUT2D eigenvalue weighted by molar-refractivity contribution is 8.76. The predicted octanol–water partition coefficient (Wildman–Crippen LogP) is 3.12. The van der Waals surface area contributed by atoms with Crippen LogP contribution in [0.3, 0.4) is 0 Å². The van der Waals surface area contributed by atoms with Gasteiger partial charge in [0.25, 0.3) is 10.1 Å². The summed E-state index contributed by atoms with van der Waals surface area (Å²) in [6, 6.07) is 0. The van der Waals surface area contributed by atoms with E-state index in [1.54, 1.807) is 21.6 Å². The summed E-state index contributed by atoms with van der Waals surface area (Å²) in [5.74, 6) is 1.42. The average Bonchev–Trinajstić information content (AvgIpc) is 2.16. The molecule has 0 aromatic carbocycles. The molecule has 0 aromatic rings. The van der Waals surface area contributed by atoms with Crippen molar-refractivity contribution in [1.29, 1.82) is 0 Å². The first-order chi connectivity index (χ1) is 8.42. The number of hydrogen-bond donors (Lipinski definition) is 0. The van der Waals surface area contributed by atoms with Gasteiger partial charge in [-0.3, -0.25) is 4.18 Å². The van der Waals surface area contributed by atoms with Crippen molar-refractivity contribution in [1.82, 2.24) is 0 Å². The summed E-state index contributed by atoms with van der Waals surface area (Å²) in [6.45, 7) is 10.9. The topological polar surface area (TPSA) is 52.6 Å². The van der Waals surface area contributed by atoms with Crippen LogP contribution in [0.4, 0.5) is 0 Å². The van der Waals surface area contributed by atoms with E-state index in [2.05, 4.69) is 33.9 Å². The van der Waals surface area contributed by atoms with Gasteiger partial charge in [-0.05, 0) is 18.1 Å². The Hall–Kier alpha value is 0.787. The van der Waals surface area contributed by atoms with Gasteiger partial charge in [0.05, 0.1) is 12.4 Å². The van der Waals surface area contributed by atoms with Crippen LogP contribution in [0.15, 0.2) is 0 Å². The quantitative estimate of drug-likeness (QED) is 0.444. The largest absolute Gasteiger partial charge is 0.410 e. The van der Waals surface area contributed by atoms with E-state index in [0.717, 1.165) is 12.0 Å². The molecule has 1 rings (SSSR count). The zero-order chi connectivity index (χ0) is 14.9. The summed E-state index contributed by atoms with van der Waals surface area (Å²) in [7, 11) is -1.98. The zero-order valence-corrected chi connectivity index (χ0v) is 15.9. The molecule has 1 saturated heterocycles. The predicted molar refractivity (Wildman–Crippen MR) is 86.7 cm³/mol. The number of hydrogen-bond acceptors (Lipinski definition) is 6. The van der Waals surface area contributed by atoms with Gasteiger partial charge in [0.2, 0.25) is 0 Å². The van der Waals surface area contributed by atoms with Crippen molar-refractivity contribution in [3.8, 4) is 0 Å². The standard InChI is InChI=1S/C11H24O4S3Si/c1-11(2,3)19(5,6)15-10-8-17-16-7-9(10)14-18(4,12)13/h9-10H,7-8H2,1-6H3. The van der Waals surface area contributed by atoms with Crippen LogP contribution in [0.25, 0.3) is 0 Å². The summed E-state index contributed by atoms with van der Waals surface area (Å²) in [5.41, 5.74) is 0. The van der Waals surface area contributed by atoms with Crippen molar-refractivity contribution in [3.05, 3.63) is 0 Å². The average molecular weight is 345 g/mol. The van der Waals surface area contributed by atoms with Crippen molar-refractivity contribution in [2.45, 2.75) is 51.1 Å². The molecule has 0 amide bonds. The lowest BCUT2D eigenvalue weighted by atomic mass is 10.2. The summed E-state index contributed by atoms with van der Waals surface area (Å²) in [4.78, 5) is 0. The maximum atomic E-state index is 11.3. The van der Waals surface area contributed by atoms with Crippen LogP contribution in [0.2, 0.25) is 18.1 Å². The third kappa shape index (κ3) is 5.59. The normalized spacial score (nSPS) is 26.4. The van der Waals surface area contributed by atoms with Gasteiger partial charge in [-0.2, -0.15) is 8.42 Å². The molecule has 19 heavy (non-hydrogen) atoms. The zero-order valence-electron chi connectivity index (χ0n) is 12.4. The molecule has 1 aliphatic rings. The van der Waals surface area contributed by atoms with Gasteiger partial charge in [0.15, 0.2) is 8.32 Å². The third-order valence-electron chi connectivity index (χ3n) is 3.51. The molecule has 2 atom stereocenters. The molecule has 4 nitrogen and oxygen atoms in total. The van der Waals surface area contributed by atoms with Crippen LogP contribution >= 0.6 is 21.6 Å². The maximum absolute atomic E-state index is 11.3. The minimum atomic E-state index is -3.43. The Morgan fingerprint density at radius 2 is 1.58 bits per heavy atom. The molecule has 0 radical (unpaired) electrons. The van der Waals surface area contributed by atoms with Crippen LogP contribution in [0.5, 0.6) is 0 Å². The molecule has 0 spiro atoms. The minimum Gasteiger partial charge on any atom is -0.410 e. The molecule has 1 aliphatic heterocycles. The first kappa shape index (κ1) is 17.8. The van der Waals surface area contributed by atoms with E-state index in [9.17, 15) is 8.42 Å². The van der Waals surface area contributed by atoms with Gasteiger partial charge in [0.1, 0.15) is 6.10 Å². The lowest BCUT2D eigenvalue weighted by Gasteiger charge is -2.42. The molecule has 8 heteroatoms. The summed E-state index contributed by atoms with van der Waals surface area (Å²) in [6.07, 6.45) is 0.597. The van der Waals surface area contributed by atoms with Crippen molar-refractivity contribution < 1.29 is 17.0 Å². The van der Waals surface area contributed by atoms with Gasteiger partial charge in [-0.25, -0.2) is 0 Å². The van der Waals surface area contributed by atoms with E-state index >= 15 is 0 Å². The molecule has 2 unspecified atom stereocenters. The number of rotatable bonds is 4. The van der Waals surface area contributed by atoms with Crippen LogP contribution in [0, 0.1) is 0 Å². The third-order valence-corrected chi connectivity index (χ3v) is 11.0. The van der Waals surface area contributed by atoms with Crippen molar-refractivity contribution in [3.63, 3.8) is 0 Å². The van der Waals surface area contributed by atoms with E-state index in [0.29, 0.717) is 5.75 Å². The highest BCUT2D eigenvalue weighted by Crippen LogP contribution is 2.41. The Morgan fingerprint density at radius 1 is 1.11 bits per heavy atom. The lowest BCUT2D eigenvalue weighted by molar-refractivity contribution is 0.0782. The fraction of sp³-hybridized carbons (Fsp3) is 1.00. The lowest BCUT2D eigenvalue weighted by Crippen LogP contribution is -2.50. The van der Waals surface area contributed by atoms with Crippen LogP contribution < -0.4 is 0 Å². The van der Waals surface area contributed by atoms with E-state index in [1.165, 1.54) is 0 Å². The molecular weight excluding hydrogens is 320 g/mol. The molecule has 0 bridgehead atoms. The van der Waals surface area contributed by atoms with Crippen molar-refractivity contribution >= 4 is 40.0 Å². The van der Waals surface area contributed by atoms with Gasteiger partial charge >= 0.3 is 0 Å². The molecule has 0 N–H and O–H groups in total. The fourth-order valence-electron chi connectivity index (χ4n) is 1.42. The molecule has 0 aromatic heterocycles. The first-order valence-electron chi connectivity index (χ1n) is 6.23. The second kappa shape index (κ2) is 6.27. The molecule has 0 aliphatic carbocycles. The monoisotopic (exact) mass is 344 g/mol. The van der Waals surface area contributed by atoms with Gasteiger partial charge in [-0.1, -0.05) is 42.4 Å². The Morgan fingerprint density at radius 3 is 2.00 bits per heavy atom. The fourth-order valence-corrected chi connectivity index (χ4v) is 6.03. The second-order valence-electron chi connectivity index (χ2n) is 6.32. The summed E-state index contributed by atoms with van der Waals surface area (Å²) >= 11 is 0. The minimum absolute atomic E-state index is 0.109. The maximum Gasteiger partial charge on any atom is 0.264 e. The Balaban J connectivity index is 2.78. The Bertz CT molecular complexity index is 403. The van der Waals surface area contributed by atoms with Crippen LogP contribution in [-0.4, -0.2) is 46.7 Å². The van der Waals surface area contributed by atoms with Gasteiger partial charge < -0.3 is 4.43 Å². The molecule has 114 valence electrons. The highest BCUT2D eigenvalue weighted by Gasteiger charge is 2.42. The van der Waals surface area contributed by atoms with Gasteiger partial charge in [0, 0.05) is 11.5 Å². The smallest absolute Gasteiger partial charge is 0.264 e. The molecule has 1 heterocycles. The Kier molecular flexibility index (Phi) is 5.89. The van der Waals surface area contributed by atoms with Gasteiger partial charge in [-0.15, -0.1) is 0 Å². The van der Waals surface area contributed by atoms with E-state index in [1.807, 2.05) is 0 Å². The summed E-state index contributed by atoms with van der Waals surface area (Å²) < 4.78 is 34.2. The van der Waals surface area contributed by atoms with E-state index in [4.69, 9.17) is 8.61 Å². The van der Waals surface area contributed by atoms with Crippen LogP contribution in [0.1, 0.15) is 20.8 Å². The Labute approximate surface area is 126 Å². The molecule has 0 saturated carbocycles. The first-order valence-corrected chi connectivity index (χ1v) is 13.4. The van der Waals surface area contributed by atoms with Crippen molar-refractivity contribution in [2.75, 3.05) is 17.8 Å². The molecular formula is C11H24O4S3Si. The molecule has 1 fully saturated rings. The van der Waals surface area contributed by atoms with E-state index in [-0.39, 0.29) is 17.2 Å². The summed E-state index contributed by atoms with van der Waals surface area (Å²) in [5, 5.41) is 0.109. The van der Waals surface area contributed by atoms with E-state index < -0.39 is 18.4 Å². The highest BCUT2D eigenvalue weighted by atomic mass is 33.1. The van der Waals surface area contributed by atoms with Crippen LogP contribution in [-0.2, 0) is 18.7 Å². The second-order valence-corrected chi connectivity index (χ2v) is 15.2.